The predicted molar refractivity (Wildman–Crippen MR) is 90.7 cm³/mol. The van der Waals surface area contributed by atoms with E-state index < -0.39 is 0 Å². The standard InChI is InChI=1S/C19H25NO3/c1-4-19(2,3)14-5-7-16(21)13(9-14)11-20-15-6-8-17-18(10-15)23-12-22-17/h6,8,10-11,14,20H,4-5,7,9,12H2,1-3H3/b13-11+/t14-/m0/s1. The molecule has 4 nitrogen and oxygen atoms in total. The van der Waals surface area contributed by atoms with Crippen LogP contribution in [0.1, 0.15) is 46.5 Å². The molecule has 1 N–H and O–H groups in total. The number of allylic oxidation sites excluding steroid dienone is 1. The summed E-state index contributed by atoms with van der Waals surface area (Å²) >= 11 is 0. The maximum absolute atomic E-state index is 12.2. The van der Waals surface area contributed by atoms with Crippen LogP contribution in [-0.4, -0.2) is 12.6 Å². The monoisotopic (exact) mass is 315 g/mol. The van der Waals surface area contributed by atoms with Crippen LogP contribution < -0.4 is 14.8 Å². The Morgan fingerprint density at radius 1 is 1.30 bits per heavy atom. The number of anilines is 1. The van der Waals surface area contributed by atoms with Gasteiger partial charge in [0.2, 0.25) is 6.79 Å². The smallest absolute Gasteiger partial charge is 0.231 e. The van der Waals surface area contributed by atoms with Gasteiger partial charge in [-0.1, -0.05) is 27.2 Å². The van der Waals surface area contributed by atoms with Crippen LogP contribution in [0.5, 0.6) is 11.5 Å². The van der Waals surface area contributed by atoms with Crippen molar-refractivity contribution in [3.8, 4) is 11.5 Å². The summed E-state index contributed by atoms with van der Waals surface area (Å²) in [7, 11) is 0. The van der Waals surface area contributed by atoms with Gasteiger partial charge in [-0.2, -0.15) is 0 Å². The molecule has 0 saturated heterocycles. The first-order chi connectivity index (χ1) is 11.0. The Labute approximate surface area is 137 Å². The summed E-state index contributed by atoms with van der Waals surface area (Å²) in [5.41, 5.74) is 2.09. The van der Waals surface area contributed by atoms with Crippen LogP contribution >= 0.6 is 0 Å². The Hall–Kier alpha value is -1.97. The topological polar surface area (TPSA) is 47.6 Å². The Balaban J connectivity index is 1.71. The van der Waals surface area contributed by atoms with Crippen LogP contribution in [0.15, 0.2) is 30.0 Å². The highest BCUT2D eigenvalue weighted by molar-refractivity contribution is 5.96. The van der Waals surface area contributed by atoms with E-state index in [0.717, 1.165) is 42.0 Å². The van der Waals surface area contributed by atoms with Gasteiger partial charge in [0.15, 0.2) is 17.3 Å². The number of benzene rings is 1. The number of hydrogen-bond acceptors (Lipinski definition) is 4. The average molecular weight is 315 g/mol. The van der Waals surface area contributed by atoms with Gasteiger partial charge in [-0.25, -0.2) is 0 Å². The molecular formula is C19H25NO3. The van der Waals surface area contributed by atoms with E-state index in [1.807, 2.05) is 24.4 Å². The van der Waals surface area contributed by atoms with Crippen molar-refractivity contribution in [1.29, 1.82) is 0 Å². The molecule has 0 radical (unpaired) electrons. The largest absolute Gasteiger partial charge is 0.454 e. The van der Waals surface area contributed by atoms with E-state index in [9.17, 15) is 4.79 Å². The van der Waals surface area contributed by atoms with Gasteiger partial charge in [0.25, 0.3) is 0 Å². The van der Waals surface area contributed by atoms with Gasteiger partial charge in [-0.15, -0.1) is 0 Å². The molecule has 0 spiro atoms. The maximum atomic E-state index is 12.2. The molecule has 1 aliphatic heterocycles. The molecule has 1 aromatic rings. The molecule has 4 heteroatoms. The van der Waals surface area contributed by atoms with E-state index in [-0.39, 0.29) is 18.0 Å². The highest BCUT2D eigenvalue weighted by Gasteiger charge is 2.33. The fraction of sp³-hybridized carbons (Fsp3) is 0.526. The summed E-state index contributed by atoms with van der Waals surface area (Å²) in [4.78, 5) is 12.2. The number of nitrogens with one attached hydrogen (secondary N) is 1. The first kappa shape index (κ1) is 15.9. The Morgan fingerprint density at radius 3 is 2.87 bits per heavy atom. The van der Waals surface area contributed by atoms with Gasteiger partial charge in [0, 0.05) is 29.9 Å². The van der Waals surface area contributed by atoms with E-state index in [4.69, 9.17) is 9.47 Å². The molecule has 0 amide bonds. The third kappa shape index (κ3) is 3.36. The normalized spacial score (nSPS) is 22.5. The molecule has 3 rings (SSSR count). The van der Waals surface area contributed by atoms with Crippen molar-refractivity contribution in [3.05, 3.63) is 30.0 Å². The molecule has 124 valence electrons. The molecule has 1 heterocycles. The van der Waals surface area contributed by atoms with E-state index in [2.05, 4.69) is 26.1 Å². The van der Waals surface area contributed by atoms with Crippen LogP contribution in [0, 0.1) is 11.3 Å². The lowest BCUT2D eigenvalue weighted by Crippen LogP contribution is -2.29. The van der Waals surface area contributed by atoms with Crippen molar-refractivity contribution < 1.29 is 14.3 Å². The number of fused-ring (bicyclic) bond motifs is 1. The molecule has 0 unspecified atom stereocenters. The molecule has 1 saturated carbocycles. The Bertz CT molecular complexity index is 634. The fourth-order valence-electron chi connectivity index (χ4n) is 3.20. The summed E-state index contributed by atoms with van der Waals surface area (Å²) in [6.45, 7) is 7.10. The SMILES string of the molecule is CCC(C)(C)[C@H]1CCC(=O)/C(=C/Nc2ccc3c(c2)OCO3)C1. The van der Waals surface area contributed by atoms with Crippen molar-refractivity contribution in [2.24, 2.45) is 11.3 Å². The van der Waals surface area contributed by atoms with Crippen LogP contribution in [0.4, 0.5) is 5.69 Å². The van der Waals surface area contributed by atoms with Crippen molar-refractivity contribution in [3.63, 3.8) is 0 Å². The van der Waals surface area contributed by atoms with Gasteiger partial charge in [0.05, 0.1) is 0 Å². The number of Topliss-reactive ketones (excluding diaryl/α,β-unsaturated/α-hetero) is 1. The number of rotatable bonds is 4. The van der Waals surface area contributed by atoms with Crippen molar-refractivity contribution in [1.82, 2.24) is 0 Å². The van der Waals surface area contributed by atoms with Crippen LogP contribution in [0.25, 0.3) is 0 Å². The van der Waals surface area contributed by atoms with Crippen LogP contribution in [-0.2, 0) is 4.79 Å². The van der Waals surface area contributed by atoms with Gasteiger partial charge >= 0.3 is 0 Å². The molecule has 1 fully saturated rings. The van der Waals surface area contributed by atoms with Crippen LogP contribution in [0.3, 0.4) is 0 Å². The molecule has 2 aliphatic rings. The van der Waals surface area contributed by atoms with Gasteiger partial charge in [-0.3, -0.25) is 4.79 Å². The van der Waals surface area contributed by atoms with E-state index in [1.54, 1.807) is 0 Å². The van der Waals surface area contributed by atoms with E-state index >= 15 is 0 Å². The second-order valence-electron chi connectivity index (χ2n) is 7.09. The molecule has 23 heavy (non-hydrogen) atoms. The number of carbonyl (C=O) groups excluding carboxylic acids is 1. The summed E-state index contributed by atoms with van der Waals surface area (Å²) in [5.74, 6) is 2.34. The summed E-state index contributed by atoms with van der Waals surface area (Å²) < 4.78 is 10.7. The lowest BCUT2D eigenvalue weighted by atomic mass is 9.68. The summed E-state index contributed by atoms with van der Waals surface area (Å²) in [6.07, 6.45) is 5.52. The minimum atomic E-state index is 0.265. The highest BCUT2D eigenvalue weighted by atomic mass is 16.7. The second kappa shape index (κ2) is 6.26. The van der Waals surface area contributed by atoms with Crippen LogP contribution in [0.2, 0.25) is 0 Å². The first-order valence-corrected chi connectivity index (χ1v) is 8.38. The zero-order chi connectivity index (χ0) is 16.4. The molecule has 0 aromatic heterocycles. The minimum absolute atomic E-state index is 0.265. The Morgan fingerprint density at radius 2 is 2.09 bits per heavy atom. The fourth-order valence-corrected chi connectivity index (χ4v) is 3.20. The lowest BCUT2D eigenvalue weighted by Gasteiger charge is -2.36. The molecule has 1 atom stereocenters. The molecular weight excluding hydrogens is 290 g/mol. The average Bonchev–Trinajstić information content (AvgIpc) is 3.01. The Kier molecular flexibility index (Phi) is 4.33. The highest BCUT2D eigenvalue weighted by Crippen LogP contribution is 2.41. The molecule has 1 aromatic carbocycles. The van der Waals surface area contributed by atoms with Gasteiger partial charge in [0.1, 0.15) is 0 Å². The van der Waals surface area contributed by atoms with Crippen molar-refractivity contribution >= 4 is 11.5 Å². The number of ketones is 1. The number of carbonyl (C=O) groups is 1. The number of hydrogen-bond donors (Lipinski definition) is 1. The predicted octanol–water partition coefficient (Wildman–Crippen LogP) is 4.52. The van der Waals surface area contributed by atoms with E-state index in [0.29, 0.717) is 12.3 Å². The van der Waals surface area contributed by atoms with E-state index in [1.165, 1.54) is 0 Å². The van der Waals surface area contributed by atoms with Gasteiger partial charge in [-0.05, 0) is 36.3 Å². The summed E-state index contributed by atoms with van der Waals surface area (Å²) in [6, 6.07) is 5.72. The maximum Gasteiger partial charge on any atom is 0.231 e. The van der Waals surface area contributed by atoms with Crippen molar-refractivity contribution in [2.45, 2.75) is 46.5 Å². The van der Waals surface area contributed by atoms with Crippen molar-refractivity contribution in [2.75, 3.05) is 12.1 Å². The second-order valence-corrected chi connectivity index (χ2v) is 7.09. The zero-order valence-electron chi connectivity index (χ0n) is 14.1. The summed E-state index contributed by atoms with van der Waals surface area (Å²) in [5, 5.41) is 3.25. The quantitative estimate of drug-likeness (QED) is 0.830. The third-order valence-corrected chi connectivity index (χ3v) is 5.35. The molecule has 0 bridgehead atoms. The number of ether oxygens (including phenoxy) is 2. The molecule has 1 aliphatic carbocycles. The third-order valence-electron chi connectivity index (χ3n) is 5.35. The first-order valence-electron chi connectivity index (χ1n) is 8.38. The van der Waals surface area contributed by atoms with Gasteiger partial charge < -0.3 is 14.8 Å². The zero-order valence-corrected chi connectivity index (χ0v) is 14.1. The minimum Gasteiger partial charge on any atom is -0.454 e. The lowest BCUT2D eigenvalue weighted by molar-refractivity contribution is -0.117.